The van der Waals surface area contributed by atoms with Gasteiger partial charge in [-0.1, -0.05) is 25.7 Å². The Hall–Kier alpha value is -0.810. The van der Waals surface area contributed by atoms with E-state index in [9.17, 15) is 0 Å². The zero-order valence-corrected chi connectivity index (χ0v) is 11.7. The van der Waals surface area contributed by atoms with Gasteiger partial charge in [0, 0.05) is 6.04 Å². The highest BCUT2D eigenvalue weighted by molar-refractivity contribution is 5.78. The smallest absolute Gasteiger partial charge is 0.188 e. The SMILES string of the molecule is NC(=NC[C@H]1CC[C@@H](CO)O1)NC1CCCCCC1. The minimum absolute atomic E-state index is 0.00348. The first-order valence-corrected chi connectivity index (χ1v) is 7.60. The Kier molecular flexibility index (Phi) is 5.92. The van der Waals surface area contributed by atoms with Crippen LogP contribution in [0.1, 0.15) is 51.4 Å². The fourth-order valence-electron chi connectivity index (χ4n) is 2.93. The van der Waals surface area contributed by atoms with Crippen molar-refractivity contribution >= 4 is 5.96 Å². The van der Waals surface area contributed by atoms with Gasteiger partial charge >= 0.3 is 0 Å². The highest BCUT2D eigenvalue weighted by atomic mass is 16.5. The summed E-state index contributed by atoms with van der Waals surface area (Å²) >= 11 is 0. The molecule has 2 fully saturated rings. The second-order valence-corrected chi connectivity index (χ2v) is 5.70. The summed E-state index contributed by atoms with van der Waals surface area (Å²) in [6.45, 7) is 0.706. The van der Waals surface area contributed by atoms with Crippen molar-refractivity contribution in [2.45, 2.75) is 69.6 Å². The summed E-state index contributed by atoms with van der Waals surface area (Å²) in [5.41, 5.74) is 5.93. The normalized spacial score (nSPS) is 30.3. The van der Waals surface area contributed by atoms with Crippen LogP contribution in [0.4, 0.5) is 0 Å². The number of hydrogen-bond acceptors (Lipinski definition) is 3. The van der Waals surface area contributed by atoms with Gasteiger partial charge in [-0.15, -0.1) is 0 Å². The Morgan fingerprint density at radius 2 is 1.79 bits per heavy atom. The van der Waals surface area contributed by atoms with Crippen LogP contribution in [0.2, 0.25) is 0 Å². The number of aliphatic hydroxyl groups excluding tert-OH is 1. The van der Waals surface area contributed by atoms with Gasteiger partial charge in [-0.25, -0.2) is 0 Å². The summed E-state index contributed by atoms with van der Waals surface area (Å²) in [6, 6.07) is 0.487. The molecule has 2 aliphatic rings. The molecule has 19 heavy (non-hydrogen) atoms. The van der Waals surface area contributed by atoms with Crippen molar-refractivity contribution in [3.05, 3.63) is 0 Å². The molecular weight excluding hydrogens is 242 g/mol. The molecule has 0 amide bonds. The van der Waals surface area contributed by atoms with Crippen LogP contribution < -0.4 is 11.1 Å². The molecule has 0 aromatic rings. The van der Waals surface area contributed by atoms with Crippen molar-refractivity contribution in [2.24, 2.45) is 10.7 Å². The lowest BCUT2D eigenvalue weighted by Crippen LogP contribution is -2.40. The molecule has 110 valence electrons. The van der Waals surface area contributed by atoms with E-state index in [0.29, 0.717) is 18.5 Å². The number of ether oxygens (including phenoxy) is 1. The Bertz CT molecular complexity index is 288. The predicted molar refractivity (Wildman–Crippen MR) is 76.1 cm³/mol. The third kappa shape index (κ3) is 4.99. The van der Waals surface area contributed by atoms with Crippen molar-refractivity contribution < 1.29 is 9.84 Å². The molecule has 5 nitrogen and oxygen atoms in total. The van der Waals surface area contributed by atoms with Gasteiger partial charge in [0.1, 0.15) is 0 Å². The number of aliphatic imine (C=N–C) groups is 1. The molecule has 1 saturated carbocycles. The van der Waals surface area contributed by atoms with Crippen LogP contribution in [-0.4, -0.2) is 42.5 Å². The van der Waals surface area contributed by atoms with E-state index in [1.54, 1.807) is 0 Å². The van der Waals surface area contributed by atoms with Crippen molar-refractivity contribution in [1.82, 2.24) is 5.32 Å². The van der Waals surface area contributed by atoms with Crippen LogP contribution in [-0.2, 0) is 4.74 Å². The summed E-state index contributed by atoms with van der Waals surface area (Å²) in [7, 11) is 0. The van der Waals surface area contributed by atoms with Crippen LogP contribution >= 0.6 is 0 Å². The highest BCUT2D eigenvalue weighted by Crippen LogP contribution is 2.19. The maximum Gasteiger partial charge on any atom is 0.188 e. The second-order valence-electron chi connectivity index (χ2n) is 5.70. The lowest BCUT2D eigenvalue weighted by atomic mass is 10.1. The van der Waals surface area contributed by atoms with Crippen molar-refractivity contribution in [3.63, 3.8) is 0 Å². The number of aliphatic hydroxyl groups is 1. The number of nitrogens with one attached hydrogen (secondary N) is 1. The fraction of sp³-hybridized carbons (Fsp3) is 0.929. The van der Waals surface area contributed by atoms with Gasteiger partial charge < -0.3 is 20.9 Å². The van der Waals surface area contributed by atoms with Gasteiger partial charge in [-0.05, 0) is 25.7 Å². The zero-order valence-electron chi connectivity index (χ0n) is 11.7. The molecule has 2 atom stereocenters. The lowest BCUT2D eigenvalue weighted by Gasteiger charge is -2.17. The van der Waals surface area contributed by atoms with Gasteiger partial charge in [0.15, 0.2) is 5.96 Å². The third-order valence-electron chi connectivity index (χ3n) is 4.07. The van der Waals surface area contributed by atoms with Gasteiger partial charge in [0.2, 0.25) is 0 Å². The van der Waals surface area contributed by atoms with E-state index in [1.165, 1.54) is 38.5 Å². The molecule has 0 bridgehead atoms. The van der Waals surface area contributed by atoms with E-state index in [-0.39, 0.29) is 18.8 Å². The average molecular weight is 269 g/mol. The van der Waals surface area contributed by atoms with Gasteiger partial charge in [-0.3, -0.25) is 4.99 Å². The van der Waals surface area contributed by atoms with E-state index >= 15 is 0 Å². The molecule has 0 aromatic heterocycles. The highest BCUT2D eigenvalue weighted by Gasteiger charge is 2.24. The van der Waals surface area contributed by atoms with E-state index < -0.39 is 0 Å². The second kappa shape index (κ2) is 7.70. The number of rotatable bonds is 4. The molecule has 1 aliphatic carbocycles. The Morgan fingerprint density at radius 3 is 2.42 bits per heavy atom. The van der Waals surface area contributed by atoms with Crippen molar-refractivity contribution in [2.75, 3.05) is 13.2 Å². The van der Waals surface area contributed by atoms with Crippen LogP contribution in [0.15, 0.2) is 4.99 Å². The molecular formula is C14H27N3O2. The van der Waals surface area contributed by atoms with Crippen LogP contribution in [0.3, 0.4) is 0 Å². The maximum absolute atomic E-state index is 9.01. The Morgan fingerprint density at radius 1 is 1.11 bits per heavy atom. The topological polar surface area (TPSA) is 79.9 Å². The average Bonchev–Trinajstić information content (AvgIpc) is 2.73. The first kappa shape index (κ1) is 14.6. The molecule has 4 N–H and O–H groups in total. The minimum atomic E-state index is -0.00348. The summed E-state index contributed by atoms with van der Waals surface area (Å²) in [5.74, 6) is 0.544. The fourth-order valence-corrected chi connectivity index (χ4v) is 2.93. The third-order valence-corrected chi connectivity index (χ3v) is 4.07. The molecule has 0 aromatic carbocycles. The molecule has 0 unspecified atom stereocenters. The summed E-state index contributed by atoms with van der Waals surface area (Å²) in [4.78, 5) is 4.38. The summed E-state index contributed by atoms with van der Waals surface area (Å²) in [6.07, 6.45) is 9.65. The van der Waals surface area contributed by atoms with E-state index in [4.69, 9.17) is 15.6 Å². The van der Waals surface area contributed by atoms with Crippen LogP contribution in [0.5, 0.6) is 0 Å². The number of nitrogens with zero attached hydrogens (tertiary/aromatic N) is 1. The zero-order chi connectivity index (χ0) is 13.5. The van der Waals surface area contributed by atoms with Gasteiger partial charge in [0.25, 0.3) is 0 Å². The number of hydrogen-bond donors (Lipinski definition) is 3. The molecule has 0 spiro atoms. The molecule has 5 heteroatoms. The first-order chi connectivity index (χ1) is 9.28. The molecule has 2 rings (SSSR count). The Labute approximate surface area is 115 Å². The quantitative estimate of drug-likeness (QED) is 0.406. The van der Waals surface area contributed by atoms with Gasteiger partial charge in [-0.2, -0.15) is 0 Å². The predicted octanol–water partition coefficient (Wildman–Crippen LogP) is 1.15. The van der Waals surface area contributed by atoms with Crippen LogP contribution in [0.25, 0.3) is 0 Å². The lowest BCUT2D eigenvalue weighted by molar-refractivity contribution is 0.0160. The molecule has 0 radical (unpaired) electrons. The maximum atomic E-state index is 9.01. The number of nitrogens with two attached hydrogens (primary N) is 1. The van der Waals surface area contributed by atoms with E-state index in [2.05, 4.69) is 10.3 Å². The molecule has 1 saturated heterocycles. The minimum Gasteiger partial charge on any atom is -0.394 e. The van der Waals surface area contributed by atoms with Gasteiger partial charge in [0.05, 0.1) is 25.4 Å². The monoisotopic (exact) mass is 269 g/mol. The first-order valence-electron chi connectivity index (χ1n) is 7.60. The van der Waals surface area contributed by atoms with Crippen molar-refractivity contribution in [3.8, 4) is 0 Å². The van der Waals surface area contributed by atoms with E-state index in [1.807, 2.05) is 0 Å². The Balaban J connectivity index is 1.70. The summed E-state index contributed by atoms with van der Waals surface area (Å²) < 4.78 is 5.63. The van der Waals surface area contributed by atoms with Crippen LogP contribution in [0, 0.1) is 0 Å². The number of guanidine groups is 1. The van der Waals surface area contributed by atoms with E-state index in [0.717, 1.165) is 12.8 Å². The van der Waals surface area contributed by atoms with Crippen molar-refractivity contribution in [1.29, 1.82) is 0 Å². The molecule has 1 heterocycles. The summed E-state index contributed by atoms with van der Waals surface area (Å²) in [5, 5.41) is 12.3. The molecule has 1 aliphatic heterocycles. The largest absolute Gasteiger partial charge is 0.394 e. The standard InChI is InChI=1S/C14H27N3O2/c15-14(17-11-5-3-1-2-4-6-11)16-9-12-7-8-13(10-18)19-12/h11-13,18H,1-10H2,(H3,15,16,17)/t12-,13+/m1/s1.